The molecule has 2 unspecified atom stereocenters. The number of anilines is 1. The molecule has 1 heterocycles. The van der Waals surface area contributed by atoms with E-state index in [-0.39, 0.29) is 17.9 Å². The van der Waals surface area contributed by atoms with Crippen LogP contribution >= 0.6 is 0 Å². The van der Waals surface area contributed by atoms with Gasteiger partial charge in [-0.2, -0.15) is 0 Å². The third-order valence-electron chi connectivity index (χ3n) is 3.29. The molecule has 1 N–H and O–H groups in total. The fourth-order valence-electron chi connectivity index (χ4n) is 2.26. The molecule has 1 aliphatic rings. The Kier molecular flexibility index (Phi) is 6.16. The first-order valence-electron chi connectivity index (χ1n) is 7.09. The molecule has 1 aromatic rings. The van der Waals surface area contributed by atoms with E-state index in [1.54, 1.807) is 7.11 Å². The Morgan fingerprint density at radius 2 is 1.73 bits per heavy atom. The van der Waals surface area contributed by atoms with Crippen molar-refractivity contribution in [3.63, 3.8) is 0 Å². The summed E-state index contributed by atoms with van der Waals surface area (Å²) < 4.78 is 5.12. The van der Waals surface area contributed by atoms with Crippen LogP contribution in [0.25, 0.3) is 0 Å². The number of methoxy groups -OCH3 is 1. The number of hydrogen-bond acceptors (Lipinski definition) is 3. The van der Waals surface area contributed by atoms with Gasteiger partial charge < -0.3 is 14.7 Å². The predicted molar refractivity (Wildman–Crippen MR) is 86.2 cm³/mol. The molecule has 120 valence electrons. The van der Waals surface area contributed by atoms with Crippen molar-refractivity contribution in [1.82, 2.24) is 0 Å². The highest BCUT2D eigenvalue weighted by atomic mass is 16.5. The normalized spacial score (nSPS) is 19.5. The summed E-state index contributed by atoms with van der Waals surface area (Å²) in [4.78, 5) is 22.8. The van der Waals surface area contributed by atoms with E-state index >= 15 is 0 Å². The molecule has 0 aromatic heterocycles. The van der Waals surface area contributed by atoms with Crippen molar-refractivity contribution in [3.05, 3.63) is 35.9 Å². The summed E-state index contributed by atoms with van der Waals surface area (Å²) in [5.74, 6) is 0.225. The first-order chi connectivity index (χ1) is 10.3. The molecule has 1 aliphatic heterocycles. The summed E-state index contributed by atoms with van der Waals surface area (Å²) in [7, 11) is 1.64. The summed E-state index contributed by atoms with van der Waals surface area (Å²) in [6.07, 6.45) is 2.15. The van der Waals surface area contributed by atoms with Gasteiger partial charge in [0.25, 0.3) is 5.97 Å². The number of rotatable bonds is 3. The Balaban J connectivity index is 0.000000541. The number of β-lactam (4-membered cyclic amide) rings is 1. The van der Waals surface area contributed by atoms with Crippen LogP contribution in [0.4, 0.5) is 5.69 Å². The molecule has 2 atom stereocenters. The van der Waals surface area contributed by atoms with E-state index in [0.717, 1.165) is 18.4 Å². The molecule has 0 spiro atoms. The van der Waals surface area contributed by atoms with Crippen LogP contribution in [0.3, 0.4) is 0 Å². The lowest BCUT2D eigenvalue weighted by atomic mass is 9.87. The fourth-order valence-corrected chi connectivity index (χ4v) is 2.26. The van der Waals surface area contributed by atoms with Gasteiger partial charge in [0.1, 0.15) is 5.75 Å². The van der Waals surface area contributed by atoms with Gasteiger partial charge in [0.05, 0.1) is 19.1 Å². The minimum atomic E-state index is -0.833. The molecule has 0 radical (unpaired) electrons. The second kappa shape index (κ2) is 7.64. The molecule has 1 amide bonds. The van der Waals surface area contributed by atoms with Gasteiger partial charge in [-0.05, 0) is 38.1 Å². The Labute approximate surface area is 131 Å². The highest BCUT2D eigenvalue weighted by Gasteiger charge is 2.43. The number of carboxylic acid groups (broad SMARTS) is 1. The number of allylic oxidation sites excluding steroid dienone is 1. The smallest absolute Gasteiger partial charge is 0.300 e. The van der Waals surface area contributed by atoms with Crippen LogP contribution in [-0.2, 0) is 9.59 Å². The standard InChI is InChI=1S/C15H19NO2.C2H4O2/c1-10(2)9-14-11(3)15(17)16(14)12-5-7-13(18-4)8-6-12;1-2(3)4/h5-9,11,14H,1-4H3;1H3,(H,3,4). The molecule has 0 bridgehead atoms. The number of benzene rings is 1. The van der Waals surface area contributed by atoms with Crippen molar-refractivity contribution in [2.24, 2.45) is 5.92 Å². The minimum absolute atomic E-state index is 0.0713. The number of aliphatic carboxylic acids is 1. The number of ether oxygens (including phenoxy) is 1. The molecule has 5 heteroatoms. The van der Waals surface area contributed by atoms with Gasteiger partial charge in [-0.3, -0.25) is 9.59 Å². The lowest BCUT2D eigenvalue weighted by molar-refractivity contribution is -0.134. The SMILES string of the molecule is CC(=O)O.COc1ccc(N2C(=O)C(C)C2C=C(C)C)cc1. The monoisotopic (exact) mass is 305 g/mol. The number of amides is 1. The predicted octanol–water partition coefficient (Wildman–Crippen LogP) is 3.10. The van der Waals surface area contributed by atoms with E-state index in [1.807, 2.05) is 36.1 Å². The van der Waals surface area contributed by atoms with Crippen molar-refractivity contribution in [2.75, 3.05) is 12.0 Å². The highest BCUT2D eigenvalue weighted by molar-refractivity contribution is 6.03. The zero-order valence-electron chi connectivity index (χ0n) is 13.7. The molecular formula is C17H23NO4. The first kappa shape index (κ1) is 17.8. The van der Waals surface area contributed by atoms with Gasteiger partial charge in [-0.15, -0.1) is 0 Å². The molecule has 1 fully saturated rings. The van der Waals surface area contributed by atoms with E-state index in [1.165, 1.54) is 5.57 Å². The van der Waals surface area contributed by atoms with Crippen molar-refractivity contribution in [1.29, 1.82) is 0 Å². The van der Waals surface area contributed by atoms with E-state index in [9.17, 15) is 4.79 Å². The van der Waals surface area contributed by atoms with Crippen LogP contribution in [0.2, 0.25) is 0 Å². The molecule has 22 heavy (non-hydrogen) atoms. The summed E-state index contributed by atoms with van der Waals surface area (Å²) in [6.45, 7) is 7.18. The van der Waals surface area contributed by atoms with Crippen LogP contribution < -0.4 is 9.64 Å². The second-order valence-corrected chi connectivity index (χ2v) is 5.45. The molecule has 1 aromatic carbocycles. The zero-order valence-corrected chi connectivity index (χ0v) is 13.7. The Morgan fingerprint density at radius 3 is 2.14 bits per heavy atom. The van der Waals surface area contributed by atoms with Crippen LogP contribution in [0.1, 0.15) is 27.7 Å². The summed E-state index contributed by atoms with van der Waals surface area (Å²) in [6, 6.07) is 7.79. The third-order valence-corrected chi connectivity index (χ3v) is 3.29. The topological polar surface area (TPSA) is 66.8 Å². The van der Waals surface area contributed by atoms with Gasteiger partial charge in [0.2, 0.25) is 5.91 Å². The second-order valence-electron chi connectivity index (χ2n) is 5.45. The first-order valence-corrected chi connectivity index (χ1v) is 7.09. The van der Waals surface area contributed by atoms with Gasteiger partial charge in [-0.25, -0.2) is 0 Å². The number of nitrogens with zero attached hydrogens (tertiary/aromatic N) is 1. The average molecular weight is 305 g/mol. The number of hydrogen-bond donors (Lipinski definition) is 1. The van der Waals surface area contributed by atoms with Crippen molar-refractivity contribution >= 4 is 17.6 Å². The summed E-state index contributed by atoms with van der Waals surface area (Å²) >= 11 is 0. The summed E-state index contributed by atoms with van der Waals surface area (Å²) in [5, 5.41) is 7.42. The zero-order chi connectivity index (χ0) is 16.9. The quantitative estimate of drug-likeness (QED) is 0.688. The van der Waals surface area contributed by atoms with E-state index in [0.29, 0.717) is 0 Å². The van der Waals surface area contributed by atoms with Crippen molar-refractivity contribution in [3.8, 4) is 5.75 Å². The summed E-state index contributed by atoms with van der Waals surface area (Å²) in [5.41, 5.74) is 2.17. The molecule has 5 nitrogen and oxygen atoms in total. The number of carbonyl (C=O) groups is 2. The lowest BCUT2D eigenvalue weighted by Crippen LogP contribution is -2.59. The third kappa shape index (κ3) is 4.35. The average Bonchev–Trinajstić information content (AvgIpc) is 2.46. The lowest BCUT2D eigenvalue weighted by Gasteiger charge is -2.44. The van der Waals surface area contributed by atoms with E-state index in [2.05, 4.69) is 19.9 Å². The van der Waals surface area contributed by atoms with Crippen molar-refractivity contribution < 1.29 is 19.4 Å². The van der Waals surface area contributed by atoms with Crippen LogP contribution in [-0.4, -0.2) is 30.1 Å². The van der Waals surface area contributed by atoms with Gasteiger partial charge in [0, 0.05) is 12.6 Å². The maximum absolute atomic E-state index is 12.0. The molecule has 1 saturated heterocycles. The van der Waals surface area contributed by atoms with Gasteiger partial charge in [0.15, 0.2) is 0 Å². The van der Waals surface area contributed by atoms with Crippen LogP contribution in [0.15, 0.2) is 35.9 Å². The minimum Gasteiger partial charge on any atom is -0.497 e. The van der Waals surface area contributed by atoms with Crippen LogP contribution in [0.5, 0.6) is 5.75 Å². The number of carbonyl (C=O) groups excluding carboxylic acids is 1. The Bertz CT molecular complexity index is 555. The maximum atomic E-state index is 12.0. The van der Waals surface area contributed by atoms with E-state index in [4.69, 9.17) is 14.6 Å². The molecule has 0 aliphatic carbocycles. The molecule has 2 rings (SSSR count). The Morgan fingerprint density at radius 1 is 1.23 bits per heavy atom. The van der Waals surface area contributed by atoms with Crippen LogP contribution in [0, 0.1) is 5.92 Å². The molecule has 0 saturated carbocycles. The van der Waals surface area contributed by atoms with Gasteiger partial charge >= 0.3 is 0 Å². The fraction of sp³-hybridized carbons (Fsp3) is 0.412. The highest BCUT2D eigenvalue weighted by Crippen LogP contribution is 2.34. The van der Waals surface area contributed by atoms with Gasteiger partial charge in [-0.1, -0.05) is 18.6 Å². The maximum Gasteiger partial charge on any atom is 0.300 e. The largest absolute Gasteiger partial charge is 0.497 e. The van der Waals surface area contributed by atoms with Crippen molar-refractivity contribution in [2.45, 2.75) is 33.7 Å². The Hall–Kier alpha value is -2.30. The number of carboxylic acids is 1. The molecular weight excluding hydrogens is 282 g/mol. The van der Waals surface area contributed by atoms with E-state index < -0.39 is 5.97 Å².